The van der Waals surface area contributed by atoms with Crippen molar-refractivity contribution in [1.29, 1.82) is 10.5 Å². The zero-order valence-corrected chi connectivity index (χ0v) is 7.86. The third-order valence-electron chi connectivity index (χ3n) is 1.93. The zero-order chi connectivity index (χ0) is 13.4. The predicted molar refractivity (Wildman–Crippen MR) is 45.2 cm³/mol. The number of anilines is 1. The Labute approximate surface area is 91.5 Å². The molecular weight excluding hydrogens is 245 g/mol. The fourth-order valence-electron chi connectivity index (χ4n) is 1.22. The molecule has 0 atom stereocenters. The average molecular weight is 247 g/mol. The van der Waals surface area contributed by atoms with Gasteiger partial charge in [0.1, 0.15) is 23.3 Å². The van der Waals surface area contributed by atoms with E-state index in [1.807, 2.05) is 0 Å². The highest BCUT2D eigenvalue weighted by Gasteiger charge is 2.40. The molecule has 0 aliphatic carbocycles. The molecule has 0 bridgehead atoms. The van der Waals surface area contributed by atoms with Gasteiger partial charge in [-0.3, -0.25) is 0 Å². The van der Waals surface area contributed by atoms with Crippen molar-refractivity contribution < 1.29 is 22.0 Å². The molecule has 0 aromatic heterocycles. The maximum Gasteiger partial charge on any atom is 0.419 e. The second-order valence-corrected chi connectivity index (χ2v) is 2.89. The third-order valence-corrected chi connectivity index (χ3v) is 1.93. The van der Waals surface area contributed by atoms with Crippen molar-refractivity contribution in [2.45, 2.75) is 6.18 Å². The highest BCUT2D eigenvalue weighted by molar-refractivity contribution is 5.64. The first-order chi connectivity index (χ1) is 7.75. The van der Waals surface area contributed by atoms with Gasteiger partial charge in [0.05, 0.1) is 11.3 Å². The summed E-state index contributed by atoms with van der Waals surface area (Å²) < 4.78 is 63.6. The van der Waals surface area contributed by atoms with Crippen molar-refractivity contribution in [2.75, 3.05) is 5.73 Å². The molecule has 0 amide bonds. The van der Waals surface area contributed by atoms with Crippen molar-refractivity contribution >= 4 is 5.69 Å². The molecule has 0 saturated carbocycles. The van der Waals surface area contributed by atoms with Gasteiger partial charge in [-0.2, -0.15) is 23.7 Å². The van der Waals surface area contributed by atoms with Gasteiger partial charge in [0.2, 0.25) is 0 Å². The van der Waals surface area contributed by atoms with E-state index in [2.05, 4.69) is 0 Å². The summed E-state index contributed by atoms with van der Waals surface area (Å²) in [5.41, 5.74) is -1.24. The van der Waals surface area contributed by atoms with Crippen LogP contribution >= 0.6 is 0 Å². The summed E-state index contributed by atoms with van der Waals surface area (Å²) >= 11 is 0. The third kappa shape index (κ3) is 1.85. The second-order valence-electron chi connectivity index (χ2n) is 2.89. The summed E-state index contributed by atoms with van der Waals surface area (Å²) in [5, 5.41) is 16.9. The number of halogens is 5. The molecule has 1 rings (SSSR count). The minimum atomic E-state index is -5.16. The SMILES string of the molecule is N#Cc1c(F)c(F)c(N)c(C(F)(F)F)c1C#N. The second kappa shape index (κ2) is 3.91. The van der Waals surface area contributed by atoms with Gasteiger partial charge >= 0.3 is 6.18 Å². The Morgan fingerprint density at radius 2 is 1.41 bits per heavy atom. The first kappa shape index (κ1) is 12.7. The molecule has 0 radical (unpaired) electrons. The minimum absolute atomic E-state index is 1.00. The fourth-order valence-corrected chi connectivity index (χ4v) is 1.22. The Morgan fingerprint density at radius 1 is 0.941 bits per heavy atom. The van der Waals surface area contributed by atoms with E-state index in [1.54, 1.807) is 0 Å². The maximum absolute atomic E-state index is 13.1. The lowest BCUT2D eigenvalue weighted by atomic mass is 9.99. The van der Waals surface area contributed by atoms with Crippen LogP contribution in [0.25, 0.3) is 0 Å². The van der Waals surface area contributed by atoms with Gasteiger partial charge in [0.25, 0.3) is 0 Å². The number of hydrogen-bond acceptors (Lipinski definition) is 3. The quantitative estimate of drug-likeness (QED) is 0.564. The van der Waals surface area contributed by atoms with Crippen LogP contribution in [0, 0.1) is 34.3 Å². The number of benzene rings is 1. The van der Waals surface area contributed by atoms with E-state index >= 15 is 0 Å². The largest absolute Gasteiger partial charge is 0.419 e. The lowest BCUT2D eigenvalue weighted by molar-refractivity contribution is -0.137. The normalized spacial score (nSPS) is 10.8. The van der Waals surface area contributed by atoms with Crippen LogP contribution in [-0.2, 0) is 6.18 Å². The van der Waals surface area contributed by atoms with Crippen molar-refractivity contribution in [3.63, 3.8) is 0 Å². The molecule has 3 nitrogen and oxygen atoms in total. The van der Waals surface area contributed by atoms with Crippen molar-refractivity contribution in [2.24, 2.45) is 0 Å². The summed E-state index contributed by atoms with van der Waals surface area (Å²) in [6.45, 7) is 0. The molecule has 0 aliphatic heterocycles. The van der Waals surface area contributed by atoms with Gasteiger partial charge in [-0.05, 0) is 0 Å². The van der Waals surface area contributed by atoms with Gasteiger partial charge < -0.3 is 5.73 Å². The number of nitriles is 2. The van der Waals surface area contributed by atoms with Crippen molar-refractivity contribution in [3.05, 3.63) is 28.3 Å². The Balaban J connectivity index is 3.92. The summed E-state index contributed by atoms with van der Waals surface area (Å²) in [7, 11) is 0. The van der Waals surface area contributed by atoms with E-state index in [1.165, 1.54) is 0 Å². The number of nitrogen functional groups attached to an aromatic ring is 1. The van der Waals surface area contributed by atoms with Crippen LogP contribution in [0.3, 0.4) is 0 Å². The van der Waals surface area contributed by atoms with Crippen LogP contribution in [0.5, 0.6) is 0 Å². The molecule has 0 fully saturated rings. The molecule has 0 aliphatic rings. The van der Waals surface area contributed by atoms with E-state index in [0.717, 1.165) is 12.1 Å². The first-order valence-electron chi connectivity index (χ1n) is 3.93. The number of alkyl halides is 3. The maximum atomic E-state index is 13.1. The molecule has 17 heavy (non-hydrogen) atoms. The molecule has 0 spiro atoms. The van der Waals surface area contributed by atoms with Crippen LogP contribution < -0.4 is 5.73 Å². The number of nitrogens with two attached hydrogens (primary N) is 1. The molecule has 2 N–H and O–H groups in total. The molecule has 8 heteroatoms. The van der Waals surface area contributed by atoms with Gasteiger partial charge in [-0.15, -0.1) is 0 Å². The van der Waals surface area contributed by atoms with Crippen molar-refractivity contribution in [1.82, 2.24) is 0 Å². The van der Waals surface area contributed by atoms with E-state index in [-0.39, 0.29) is 0 Å². The van der Waals surface area contributed by atoms with Crippen LogP contribution in [0.1, 0.15) is 16.7 Å². The summed E-state index contributed by atoms with van der Waals surface area (Å²) in [5.74, 6) is -3.86. The molecule has 0 unspecified atom stereocenters. The Morgan fingerprint density at radius 3 is 1.76 bits per heavy atom. The molecule has 0 heterocycles. The zero-order valence-electron chi connectivity index (χ0n) is 7.86. The topological polar surface area (TPSA) is 73.6 Å². The molecule has 1 aromatic carbocycles. The minimum Gasteiger partial charge on any atom is -0.396 e. The van der Waals surface area contributed by atoms with E-state index in [4.69, 9.17) is 16.3 Å². The average Bonchev–Trinajstić information content (AvgIpc) is 2.23. The van der Waals surface area contributed by atoms with E-state index in [9.17, 15) is 22.0 Å². The predicted octanol–water partition coefficient (Wildman–Crippen LogP) is 2.31. The van der Waals surface area contributed by atoms with Gasteiger partial charge in [0, 0.05) is 0 Å². The molecule has 0 saturated heterocycles. The van der Waals surface area contributed by atoms with Crippen LogP contribution in [0.4, 0.5) is 27.6 Å². The van der Waals surface area contributed by atoms with Crippen LogP contribution in [0.15, 0.2) is 0 Å². The molecule has 1 aromatic rings. The van der Waals surface area contributed by atoms with Gasteiger partial charge in [-0.1, -0.05) is 0 Å². The van der Waals surface area contributed by atoms with E-state index in [0.29, 0.717) is 0 Å². The Hall–Kier alpha value is -2.35. The number of rotatable bonds is 0. The monoisotopic (exact) mass is 247 g/mol. The summed E-state index contributed by atoms with van der Waals surface area (Å²) in [4.78, 5) is 0. The highest BCUT2D eigenvalue weighted by Crippen LogP contribution is 2.39. The van der Waals surface area contributed by atoms with Crippen LogP contribution in [-0.4, -0.2) is 0 Å². The lowest BCUT2D eigenvalue weighted by Gasteiger charge is -2.13. The highest BCUT2D eigenvalue weighted by atomic mass is 19.4. The van der Waals surface area contributed by atoms with E-state index < -0.39 is 40.2 Å². The van der Waals surface area contributed by atoms with Gasteiger partial charge in [-0.25, -0.2) is 8.78 Å². The lowest BCUT2D eigenvalue weighted by Crippen LogP contribution is -2.16. The summed E-state index contributed by atoms with van der Waals surface area (Å²) in [6, 6.07) is 2.00. The van der Waals surface area contributed by atoms with Gasteiger partial charge in [0.15, 0.2) is 11.6 Å². The number of hydrogen-bond donors (Lipinski definition) is 1. The molecular formula is C9H2F5N3. The smallest absolute Gasteiger partial charge is 0.396 e. The summed E-state index contributed by atoms with van der Waals surface area (Å²) in [6.07, 6.45) is -5.16. The molecule has 88 valence electrons. The van der Waals surface area contributed by atoms with Crippen LogP contribution in [0.2, 0.25) is 0 Å². The fraction of sp³-hybridized carbons (Fsp3) is 0.111. The standard InChI is InChI=1S/C9H2F5N3/c10-6-4(2-16)3(1-15)5(9(12,13)14)8(17)7(6)11/h17H2. The number of nitrogens with zero attached hydrogens (tertiary/aromatic N) is 2. The Kier molecular flexibility index (Phi) is 2.92. The van der Waals surface area contributed by atoms with Crippen molar-refractivity contribution in [3.8, 4) is 12.1 Å². The Bertz CT molecular complexity index is 562. The first-order valence-corrected chi connectivity index (χ1v) is 3.93.